The number of H-pyrrole nitrogens is 1. The lowest BCUT2D eigenvalue weighted by Gasteiger charge is -2.11. The Morgan fingerprint density at radius 2 is 1.69 bits per heavy atom. The molecule has 0 spiro atoms. The van der Waals surface area contributed by atoms with Crippen LogP contribution in [0.15, 0.2) is 48.5 Å². The van der Waals surface area contributed by atoms with Crippen LogP contribution in [0.1, 0.15) is 30.6 Å². The number of aromatic nitrogens is 7. The van der Waals surface area contributed by atoms with Gasteiger partial charge in [0.05, 0.1) is 6.54 Å². The Morgan fingerprint density at radius 1 is 0.931 bits per heavy atom. The molecule has 0 fully saturated rings. The molecule has 0 aliphatic rings. The number of nitrogens with zero attached hydrogens (tertiary/aromatic N) is 6. The minimum absolute atomic E-state index is 0.452. The van der Waals surface area contributed by atoms with E-state index in [1.54, 1.807) is 7.11 Å². The van der Waals surface area contributed by atoms with Crippen molar-refractivity contribution in [3.63, 3.8) is 0 Å². The predicted molar refractivity (Wildman–Crippen MR) is 109 cm³/mol. The van der Waals surface area contributed by atoms with E-state index >= 15 is 0 Å². The monoisotopic (exact) mass is 389 g/mol. The van der Waals surface area contributed by atoms with Crippen molar-refractivity contribution in [3.8, 4) is 22.5 Å². The number of ether oxygens (including phenoxy) is 1. The molecular weight excluding hydrogens is 366 g/mol. The van der Waals surface area contributed by atoms with Gasteiger partial charge >= 0.3 is 0 Å². The highest BCUT2D eigenvalue weighted by Gasteiger charge is 2.13. The first-order valence-corrected chi connectivity index (χ1v) is 9.62. The number of benzene rings is 2. The maximum atomic E-state index is 5.28. The third kappa shape index (κ3) is 4.07. The quantitative estimate of drug-likeness (QED) is 0.497. The lowest BCUT2D eigenvalue weighted by atomic mass is 9.98. The lowest BCUT2D eigenvalue weighted by molar-refractivity contribution is 0.174. The van der Waals surface area contributed by atoms with Crippen molar-refractivity contribution in [2.75, 3.05) is 7.11 Å². The Balaban J connectivity index is 1.61. The molecule has 29 heavy (non-hydrogen) atoms. The van der Waals surface area contributed by atoms with Gasteiger partial charge in [0.15, 0.2) is 11.6 Å². The molecule has 0 unspecified atom stereocenters. The first-order valence-electron chi connectivity index (χ1n) is 9.62. The first kappa shape index (κ1) is 18.9. The van der Waals surface area contributed by atoms with Crippen LogP contribution >= 0.6 is 0 Å². The molecule has 8 nitrogen and oxygen atoms in total. The van der Waals surface area contributed by atoms with Crippen molar-refractivity contribution in [2.24, 2.45) is 0 Å². The second-order valence-corrected chi connectivity index (χ2v) is 6.79. The largest absolute Gasteiger partial charge is 0.377 e. The van der Waals surface area contributed by atoms with Crippen LogP contribution in [-0.2, 0) is 24.3 Å². The average Bonchev–Trinajstić information content (AvgIpc) is 3.41. The second kappa shape index (κ2) is 8.74. The Morgan fingerprint density at radius 3 is 2.38 bits per heavy atom. The molecule has 0 saturated heterocycles. The molecule has 0 saturated carbocycles. The molecule has 0 atom stereocenters. The van der Waals surface area contributed by atoms with E-state index in [4.69, 9.17) is 4.74 Å². The molecule has 0 amide bonds. The zero-order valence-electron chi connectivity index (χ0n) is 16.5. The van der Waals surface area contributed by atoms with Crippen LogP contribution in [0.3, 0.4) is 0 Å². The van der Waals surface area contributed by atoms with Gasteiger partial charge in [0.2, 0.25) is 0 Å². The van der Waals surface area contributed by atoms with Crippen LogP contribution in [-0.4, -0.2) is 42.5 Å². The summed E-state index contributed by atoms with van der Waals surface area (Å²) in [5.74, 6) is 2.50. The van der Waals surface area contributed by atoms with E-state index in [2.05, 4.69) is 72.6 Å². The number of aromatic amines is 1. The molecule has 2 aromatic heterocycles. The van der Waals surface area contributed by atoms with Crippen LogP contribution in [0, 0.1) is 0 Å². The summed E-state index contributed by atoms with van der Waals surface area (Å²) in [6, 6.07) is 16.6. The third-order valence-corrected chi connectivity index (χ3v) is 4.78. The van der Waals surface area contributed by atoms with E-state index in [1.807, 2.05) is 18.2 Å². The van der Waals surface area contributed by atoms with Crippen LogP contribution in [0.5, 0.6) is 0 Å². The zero-order valence-corrected chi connectivity index (χ0v) is 16.5. The fourth-order valence-electron chi connectivity index (χ4n) is 3.39. The molecule has 4 aromatic rings. The molecule has 2 aromatic carbocycles. The molecule has 8 heteroatoms. The standard InChI is InChI=1S/C21H23N7O/c1-3-6-19-22-23-20(14-29-2)28(19)13-15-9-11-16(12-10-15)17-7-4-5-8-18(17)21-24-26-27-25-21/h4-5,7-12H,3,6,13-14H2,1-2H3,(H,24,25,26,27). The maximum absolute atomic E-state index is 5.28. The minimum atomic E-state index is 0.452. The van der Waals surface area contributed by atoms with Gasteiger partial charge < -0.3 is 9.30 Å². The summed E-state index contributed by atoms with van der Waals surface area (Å²) >= 11 is 0. The van der Waals surface area contributed by atoms with Crippen molar-refractivity contribution in [1.82, 2.24) is 35.4 Å². The summed E-state index contributed by atoms with van der Waals surface area (Å²) in [5, 5.41) is 22.9. The van der Waals surface area contributed by atoms with E-state index in [9.17, 15) is 0 Å². The molecule has 0 aliphatic carbocycles. The van der Waals surface area contributed by atoms with Crippen molar-refractivity contribution in [3.05, 3.63) is 65.7 Å². The van der Waals surface area contributed by atoms with E-state index < -0.39 is 0 Å². The van der Waals surface area contributed by atoms with E-state index in [0.717, 1.165) is 47.7 Å². The number of hydrogen-bond donors (Lipinski definition) is 1. The van der Waals surface area contributed by atoms with Gasteiger partial charge in [0.1, 0.15) is 12.4 Å². The van der Waals surface area contributed by atoms with Gasteiger partial charge in [-0.15, -0.1) is 15.3 Å². The highest BCUT2D eigenvalue weighted by atomic mass is 16.5. The number of tetrazole rings is 1. The average molecular weight is 389 g/mol. The molecule has 0 radical (unpaired) electrons. The second-order valence-electron chi connectivity index (χ2n) is 6.79. The Labute approximate surface area is 169 Å². The molecule has 4 rings (SSSR count). The summed E-state index contributed by atoms with van der Waals surface area (Å²) in [6.45, 7) is 3.31. The minimum Gasteiger partial charge on any atom is -0.377 e. The maximum Gasteiger partial charge on any atom is 0.180 e. The fourth-order valence-corrected chi connectivity index (χ4v) is 3.39. The molecule has 0 bridgehead atoms. The normalized spacial score (nSPS) is 11.1. The summed E-state index contributed by atoms with van der Waals surface area (Å²) < 4.78 is 7.43. The third-order valence-electron chi connectivity index (χ3n) is 4.78. The van der Waals surface area contributed by atoms with Crippen LogP contribution in [0.25, 0.3) is 22.5 Å². The zero-order chi connectivity index (χ0) is 20.1. The topological polar surface area (TPSA) is 94.4 Å². The van der Waals surface area contributed by atoms with E-state index in [-0.39, 0.29) is 0 Å². The van der Waals surface area contributed by atoms with Gasteiger partial charge in [-0.05, 0) is 33.5 Å². The number of hydrogen-bond acceptors (Lipinski definition) is 6. The SMILES string of the molecule is CCCc1nnc(COC)n1Cc1ccc(-c2ccccc2-c2nnn[nH]2)cc1. The predicted octanol–water partition coefficient (Wildman–Crippen LogP) is 3.27. The van der Waals surface area contributed by atoms with Crippen LogP contribution in [0.2, 0.25) is 0 Å². The number of methoxy groups -OCH3 is 1. The number of rotatable bonds is 8. The van der Waals surface area contributed by atoms with Gasteiger partial charge in [0.25, 0.3) is 0 Å². The summed E-state index contributed by atoms with van der Waals surface area (Å²) in [6.07, 6.45) is 1.92. The van der Waals surface area contributed by atoms with Crippen molar-refractivity contribution in [2.45, 2.75) is 32.9 Å². The molecule has 0 aliphatic heterocycles. The van der Waals surface area contributed by atoms with E-state index in [1.165, 1.54) is 5.56 Å². The Hall–Kier alpha value is -3.39. The van der Waals surface area contributed by atoms with Crippen molar-refractivity contribution < 1.29 is 4.74 Å². The highest BCUT2D eigenvalue weighted by molar-refractivity contribution is 5.80. The summed E-state index contributed by atoms with van der Waals surface area (Å²) in [7, 11) is 1.68. The van der Waals surface area contributed by atoms with Gasteiger partial charge in [-0.1, -0.05) is 55.5 Å². The first-order chi connectivity index (χ1) is 14.3. The number of nitrogens with one attached hydrogen (secondary N) is 1. The highest BCUT2D eigenvalue weighted by Crippen LogP contribution is 2.29. The number of aryl methyl sites for hydroxylation is 1. The summed E-state index contributed by atoms with van der Waals surface area (Å²) in [4.78, 5) is 0. The van der Waals surface area contributed by atoms with Gasteiger partial charge in [0, 0.05) is 19.1 Å². The van der Waals surface area contributed by atoms with Crippen molar-refractivity contribution >= 4 is 0 Å². The van der Waals surface area contributed by atoms with Gasteiger partial charge in [-0.2, -0.15) is 0 Å². The fraction of sp³-hybridized carbons (Fsp3) is 0.286. The Kier molecular flexibility index (Phi) is 5.71. The lowest BCUT2D eigenvalue weighted by Crippen LogP contribution is -2.10. The smallest absolute Gasteiger partial charge is 0.180 e. The summed E-state index contributed by atoms with van der Waals surface area (Å²) in [5.41, 5.74) is 4.34. The van der Waals surface area contributed by atoms with Crippen LogP contribution in [0.4, 0.5) is 0 Å². The van der Waals surface area contributed by atoms with Gasteiger partial charge in [-0.3, -0.25) is 0 Å². The van der Waals surface area contributed by atoms with E-state index in [0.29, 0.717) is 12.4 Å². The Bertz CT molecular complexity index is 1030. The molecule has 1 N–H and O–H groups in total. The van der Waals surface area contributed by atoms with Crippen molar-refractivity contribution in [1.29, 1.82) is 0 Å². The van der Waals surface area contributed by atoms with Gasteiger partial charge in [-0.25, -0.2) is 5.10 Å². The van der Waals surface area contributed by atoms with Crippen LogP contribution < -0.4 is 0 Å². The molecule has 2 heterocycles. The molecule has 148 valence electrons. The molecular formula is C21H23N7O.